The molecule has 1 fully saturated rings. The van der Waals surface area contributed by atoms with Crippen molar-refractivity contribution in [3.8, 4) is 0 Å². The molecule has 1 aliphatic rings. The molecule has 0 amide bonds. The molecule has 0 heterocycles. The summed E-state index contributed by atoms with van der Waals surface area (Å²) in [6.45, 7) is 7.40. The maximum Gasteiger partial charge on any atom is 0.313 e. The number of Topliss-reactive ketones (excluding diaryl/α,β-unsaturated/α-hetero) is 1. The lowest BCUT2D eigenvalue weighted by atomic mass is 10.1. The molecular formula is C14H22O5. The lowest BCUT2D eigenvalue weighted by Crippen LogP contribution is -2.24. The Balaban J connectivity index is 2.29. The summed E-state index contributed by atoms with van der Waals surface area (Å²) in [5, 5.41) is 0. The van der Waals surface area contributed by atoms with Crippen molar-refractivity contribution in [1.29, 1.82) is 0 Å². The molecule has 0 bridgehead atoms. The van der Waals surface area contributed by atoms with Crippen LogP contribution >= 0.6 is 0 Å². The Kier molecular flexibility index (Phi) is 5.09. The number of hydrogen-bond donors (Lipinski definition) is 0. The van der Waals surface area contributed by atoms with Gasteiger partial charge < -0.3 is 9.47 Å². The molecule has 0 aromatic heterocycles. The van der Waals surface area contributed by atoms with E-state index in [2.05, 4.69) is 0 Å². The van der Waals surface area contributed by atoms with Crippen molar-refractivity contribution in [2.45, 2.75) is 52.6 Å². The molecule has 5 heteroatoms. The Morgan fingerprint density at radius 1 is 1.16 bits per heavy atom. The third-order valence-corrected chi connectivity index (χ3v) is 2.81. The molecule has 0 N–H and O–H groups in total. The van der Waals surface area contributed by atoms with Gasteiger partial charge in [-0.25, -0.2) is 0 Å². The highest BCUT2D eigenvalue weighted by atomic mass is 16.6. The summed E-state index contributed by atoms with van der Waals surface area (Å²) in [5.74, 6) is -1.07. The molecule has 0 unspecified atom stereocenters. The minimum Gasteiger partial charge on any atom is -0.466 e. The number of carbonyl (C=O) groups is 3. The molecule has 0 saturated heterocycles. The molecule has 19 heavy (non-hydrogen) atoms. The summed E-state index contributed by atoms with van der Waals surface area (Å²) in [6, 6.07) is 0. The van der Waals surface area contributed by atoms with Crippen LogP contribution in [-0.2, 0) is 23.9 Å². The van der Waals surface area contributed by atoms with Crippen LogP contribution in [-0.4, -0.2) is 29.9 Å². The van der Waals surface area contributed by atoms with Crippen LogP contribution in [0.4, 0.5) is 0 Å². The quantitative estimate of drug-likeness (QED) is 0.544. The predicted octanol–water partition coefficient (Wildman–Crippen LogP) is 1.88. The molecule has 0 spiro atoms. The van der Waals surface area contributed by atoms with Crippen LogP contribution in [0.2, 0.25) is 0 Å². The van der Waals surface area contributed by atoms with Gasteiger partial charge in [0, 0.05) is 12.3 Å². The number of ether oxygens (including phenoxy) is 2. The maximum atomic E-state index is 11.7. The van der Waals surface area contributed by atoms with Gasteiger partial charge >= 0.3 is 11.9 Å². The number of ketones is 1. The van der Waals surface area contributed by atoms with Crippen LogP contribution in [0, 0.1) is 11.8 Å². The van der Waals surface area contributed by atoms with Gasteiger partial charge in [-0.2, -0.15) is 0 Å². The first kappa shape index (κ1) is 15.7. The summed E-state index contributed by atoms with van der Waals surface area (Å²) in [7, 11) is 0. The fourth-order valence-corrected chi connectivity index (χ4v) is 1.95. The van der Waals surface area contributed by atoms with Crippen LogP contribution in [0.15, 0.2) is 0 Å². The lowest BCUT2D eigenvalue weighted by Gasteiger charge is -2.19. The fourth-order valence-electron chi connectivity index (χ4n) is 1.95. The second-order valence-electron chi connectivity index (χ2n) is 5.84. The van der Waals surface area contributed by atoms with Gasteiger partial charge in [0.05, 0.1) is 6.61 Å². The molecule has 0 aliphatic heterocycles. The highest BCUT2D eigenvalue weighted by Crippen LogP contribution is 2.43. The van der Waals surface area contributed by atoms with Crippen molar-refractivity contribution in [1.82, 2.24) is 0 Å². The van der Waals surface area contributed by atoms with E-state index in [-0.39, 0.29) is 43.0 Å². The molecule has 1 saturated carbocycles. The van der Waals surface area contributed by atoms with Crippen LogP contribution in [0.25, 0.3) is 0 Å². The number of rotatable bonds is 6. The van der Waals surface area contributed by atoms with Crippen molar-refractivity contribution in [2.75, 3.05) is 6.61 Å². The average molecular weight is 270 g/mol. The molecule has 0 radical (unpaired) electrons. The number of hydrogen-bond acceptors (Lipinski definition) is 5. The Morgan fingerprint density at radius 2 is 1.79 bits per heavy atom. The topological polar surface area (TPSA) is 69.7 Å². The Bertz CT molecular complexity index is 367. The first-order valence-corrected chi connectivity index (χ1v) is 6.63. The SMILES string of the molecule is CCOC(=O)CC(=O)[C@@H]1C[C@H]1CC(=O)OC(C)(C)C. The van der Waals surface area contributed by atoms with Crippen LogP contribution in [0.3, 0.4) is 0 Å². The average Bonchev–Trinajstić information content (AvgIpc) is 2.93. The van der Waals surface area contributed by atoms with Gasteiger partial charge in [-0.05, 0) is 40.0 Å². The highest BCUT2D eigenvalue weighted by Gasteiger charge is 2.44. The number of carbonyl (C=O) groups excluding carboxylic acids is 3. The molecule has 5 nitrogen and oxygen atoms in total. The molecule has 108 valence electrons. The van der Waals surface area contributed by atoms with E-state index < -0.39 is 11.6 Å². The highest BCUT2D eigenvalue weighted by molar-refractivity contribution is 5.98. The van der Waals surface area contributed by atoms with Gasteiger partial charge in [0.2, 0.25) is 0 Å². The van der Waals surface area contributed by atoms with Gasteiger partial charge in [0.25, 0.3) is 0 Å². The Morgan fingerprint density at radius 3 is 2.32 bits per heavy atom. The van der Waals surface area contributed by atoms with E-state index in [1.165, 1.54) is 0 Å². The molecule has 1 aliphatic carbocycles. The van der Waals surface area contributed by atoms with Crippen LogP contribution in [0.1, 0.15) is 47.0 Å². The van der Waals surface area contributed by atoms with Gasteiger partial charge in [0.1, 0.15) is 17.8 Å². The number of esters is 2. The maximum absolute atomic E-state index is 11.7. The first-order valence-electron chi connectivity index (χ1n) is 6.63. The van der Waals surface area contributed by atoms with Crippen LogP contribution < -0.4 is 0 Å². The Hall–Kier alpha value is -1.39. The van der Waals surface area contributed by atoms with Crippen molar-refractivity contribution < 1.29 is 23.9 Å². The van der Waals surface area contributed by atoms with Crippen LogP contribution in [0.5, 0.6) is 0 Å². The minimum absolute atomic E-state index is 0.0248. The molecule has 0 aromatic rings. The predicted molar refractivity (Wildman–Crippen MR) is 68.3 cm³/mol. The molecular weight excluding hydrogens is 248 g/mol. The van der Waals surface area contributed by atoms with Gasteiger partial charge in [0.15, 0.2) is 0 Å². The summed E-state index contributed by atoms with van der Waals surface area (Å²) in [4.78, 5) is 34.5. The largest absolute Gasteiger partial charge is 0.466 e. The lowest BCUT2D eigenvalue weighted by molar-refractivity contribution is -0.155. The van der Waals surface area contributed by atoms with Crippen molar-refractivity contribution in [3.63, 3.8) is 0 Å². The summed E-state index contributed by atoms with van der Waals surface area (Å²) in [5.41, 5.74) is -0.504. The van der Waals surface area contributed by atoms with E-state index in [4.69, 9.17) is 9.47 Å². The molecule has 1 rings (SSSR count). The first-order chi connectivity index (χ1) is 8.73. The third kappa shape index (κ3) is 5.85. The monoisotopic (exact) mass is 270 g/mol. The summed E-state index contributed by atoms with van der Waals surface area (Å²) < 4.78 is 9.92. The summed E-state index contributed by atoms with van der Waals surface area (Å²) in [6.07, 6.45) is 0.720. The van der Waals surface area contributed by atoms with Crippen molar-refractivity contribution in [2.24, 2.45) is 11.8 Å². The minimum atomic E-state index is -0.504. The zero-order valence-corrected chi connectivity index (χ0v) is 12.0. The van der Waals surface area contributed by atoms with E-state index in [1.807, 2.05) is 0 Å². The van der Waals surface area contributed by atoms with E-state index in [9.17, 15) is 14.4 Å². The zero-order valence-electron chi connectivity index (χ0n) is 12.0. The van der Waals surface area contributed by atoms with Crippen molar-refractivity contribution >= 4 is 17.7 Å². The standard InChI is InChI=1S/C14H22O5/c1-5-18-12(16)8-11(15)10-6-9(10)7-13(17)19-14(2,3)4/h9-10H,5-8H2,1-4H3/t9-,10+/m0/s1. The second-order valence-corrected chi connectivity index (χ2v) is 5.84. The third-order valence-electron chi connectivity index (χ3n) is 2.81. The van der Waals surface area contributed by atoms with Gasteiger partial charge in [-0.3, -0.25) is 14.4 Å². The van der Waals surface area contributed by atoms with E-state index >= 15 is 0 Å². The van der Waals surface area contributed by atoms with E-state index in [0.29, 0.717) is 6.42 Å². The fraction of sp³-hybridized carbons (Fsp3) is 0.786. The van der Waals surface area contributed by atoms with E-state index in [1.54, 1.807) is 27.7 Å². The van der Waals surface area contributed by atoms with Gasteiger partial charge in [-0.15, -0.1) is 0 Å². The molecule has 2 atom stereocenters. The molecule has 0 aromatic carbocycles. The van der Waals surface area contributed by atoms with Gasteiger partial charge in [-0.1, -0.05) is 0 Å². The van der Waals surface area contributed by atoms with E-state index in [0.717, 1.165) is 0 Å². The Labute approximate surface area is 113 Å². The van der Waals surface area contributed by atoms with Crippen molar-refractivity contribution in [3.05, 3.63) is 0 Å². The summed E-state index contributed by atoms with van der Waals surface area (Å²) >= 11 is 0. The normalized spacial score (nSPS) is 21.7. The second kappa shape index (κ2) is 6.17. The smallest absolute Gasteiger partial charge is 0.313 e. The zero-order chi connectivity index (χ0) is 14.6.